The Balaban J connectivity index is 1.32. The second-order valence-electron chi connectivity index (χ2n) is 8.00. The van der Waals surface area contributed by atoms with Crippen LogP contribution in [0.3, 0.4) is 0 Å². The summed E-state index contributed by atoms with van der Waals surface area (Å²) in [5.41, 5.74) is 3.04. The van der Waals surface area contributed by atoms with Crippen molar-refractivity contribution in [1.29, 1.82) is 0 Å². The van der Waals surface area contributed by atoms with Crippen molar-refractivity contribution >= 4 is 11.8 Å². The largest absolute Gasteiger partial charge is 0.374 e. The van der Waals surface area contributed by atoms with E-state index in [0.29, 0.717) is 26.4 Å². The molecule has 0 amide bonds. The van der Waals surface area contributed by atoms with E-state index in [4.69, 9.17) is 18.9 Å². The van der Waals surface area contributed by atoms with Gasteiger partial charge in [-0.25, -0.2) is 0 Å². The maximum atomic E-state index is 6.48. The smallest absolute Gasteiger partial charge is 0.137 e. The normalized spacial score (nSPS) is 23.9. The summed E-state index contributed by atoms with van der Waals surface area (Å²) in [5, 5.41) is 0. The molecule has 3 aromatic carbocycles. The lowest BCUT2D eigenvalue weighted by molar-refractivity contribution is -0.0830. The molecule has 4 atom stereocenters. The molecule has 1 fully saturated rings. The molecule has 5 heteroatoms. The zero-order valence-corrected chi connectivity index (χ0v) is 19.1. The molecule has 0 bridgehead atoms. The summed E-state index contributed by atoms with van der Waals surface area (Å²) in [5.74, 6) is 6.36. The van der Waals surface area contributed by atoms with Gasteiger partial charge in [-0.15, -0.1) is 0 Å². The molecule has 0 N–H and O–H groups in total. The fourth-order valence-corrected chi connectivity index (χ4v) is 5.22. The second kappa shape index (κ2) is 11.0. The van der Waals surface area contributed by atoms with Crippen LogP contribution in [0.1, 0.15) is 16.7 Å². The van der Waals surface area contributed by atoms with Crippen molar-refractivity contribution in [3.63, 3.8) is 0 Å². The Morgan fingerprint density at radius 1 is 0.848 bits per heavy atom. The van der Waals surface area contributed by atoms with Crippen LogP contribution >= 0.6 is 11.8 Å². The van der Waals surface area contributed by atoms with Crippen LogP contribution in [0.2, 0.25) is 0 Å². The van der Waals surface area contributed by atoms with Crippen LogP contribution in [0.5, 0.6) is 0 Å². The van der Waals surface area contributed by atoms with Gasteiger partial charge in [-0.1, -0.05) is 96.4 Å². The topological polar surface area (TPSA) is 36.9 Å². The van der Waals surface area contributed by atoms with Crippen LogP contribution in [-0.2, 0) is 32.2 Å². The molecule has 0 spiro atoms. The molecule has 0 saturated carbocycles. The maximum Gasteiger partial charge on any atom is 0.137 e. The zero-order chi connectivity index (χ0) is 22.3. The van der Waals surface area contributed by atoms with Gasteiger partial charge in [-0.05, 0) is 23.3 Å². The van der Waals surface area contributed by atoms with Crippen LogP contribution in [-0.4, -0.2) is 37.0 Å². The first-order chi connectivity index (χ1) is 16.4. The van der Waals surface area contributed by atoms with Crippen LogP contribution in [0.4, 0.5) is 0 Å². The van der Waals surface area contributed by atoms with Crippen LogP contribution in [0.25, 0.3) is 0 Å². The van der Waals surface area contributed by atoms with Gasteiger partial charge in [-0.3, -0.25) is 0 Å². The Labute approximate surface area is 199 Å². The predicted octanol–water partition coefficient (Wildman–Crippen LogP) is 5.06. The van der Waals surface area contributed by atoms with Crippen molar-refractivity contribution in [2.24, 2.45) is 0 Å². The van der Waals surface area contributed by atoms with Gasteiger partial charge in [0.05, 0.1) is 19.8 Å². The van der Waals surface area contributed by atoms with E-state index >= 15 is 0 Å². The van der Waals surface area contributed by atoms with Crippen molar-refractivity contribution in [3.05, 3.63) is 102 Å². The SMILES string of the molecule is C1#Cc2ccccc2S[C@H]2O[C@H](COCc3ccccc3)[C@H](OCc3ccccc3)[C@H]2OC1. The maximum absolute atomic E-state index is 6.48. The number of ether oxygens (including phenoxy) is 4. The highest BCUT2D eigenvalue weighted by Gasteiger charge is 2.47. The van der Waals surface area contributed by atoms with Gasteiger partial charge in [0.1, 0.15) is 30.4 Å². The molecule has 33 heavy (non-hydrogen) atoms. The van der Waals surface area contributed by atoms with Crippen molar-refractivity contribution in [1.82, 2.24) is 0 Å². The van der Waals surface area contributed by atoms with Crippen LogP contribution in [0, 0.1) is 11.8 Å². The van der Waals surface area contributed by atoms with Crippen LogP contribution < -0.4 is 0 Å². The number of rotatable bonds is 7. The Kier molecular flexibility index (Phi) is 7.42. The molecular formula is C28H26O4S. The third kappa shape index (κ3) is 5.67. The van der Waals surface area contributed by atoms with Gasteiger partial charge in [0.15, 0.2) is 0 Å². The molecule has 2 aliphatic heterocycles. The molecule has 1 saturated heterocycles. The van der Waals surface area contributed by atoms with Gasteiger partial charge in [0.2, 0.25) is 0 Å². The minimum absolute atomic E-state index is 0.209. The van der Waals surface area contributed by atoms with Gasteiger partial charge in [0, 0.05) is 10.5 Å². The molecule has 0 radical (unpaired) electrons. The minimum atomic E-state index is -0.259. The summed E-state index contributed by atoms with van der Waals surface area (Å²) >= 11 is 1.65. The first-order valence-electron chi connectivity index (χ1n) is 11.2. The standard InChI is InChI=1S/C28H26O4S/c1-3-10-21(11-4-1)18-29-20-24-26(31-19-22-12-5-2-6-13-22)27-28(32-24)33-25-16-8-7-14-23(25)15-9-17-30-27/h1-8,10-14,16,24,26-28H,17-20H2/t24-,26+,27-,28-/m1/s1. The minimum Gasteiger partial charge on any atom is -0.374 e. The first kappa shape index (κ1) is 22.2. The van der Waals surface area contributed by atoms with E-state index in [1.165, 1.54) is 0 Å². The number of hydrogen-bond acceptors (Lipinski definition) is 5. The Morgan fingerprint density at radius 2 is 1.55 bits per heavy atom. The van der Waals surface area contributed by atoms with Crippen molar-refractivity contribution in [2.75, 3.05) is 13.2 Å². The van der Waals surface area contributed by atoms with Crippen LogP contribution in [0.15, 0.2) is 89.8 Å². The second-order valence-corrected chi connectivity index (χ2v) is 9.14. The lowest BCUT2D eigenvalue weighted by Crippen LogP contribution is -2.38. The molecule has 3 aromatic rings. The molecule has 2 heterocycles. The van der Waals surface area contributed by atoms with Crippen molar-refractivity contribution < 1.29 is 18.9 Å². The van der Waals surface area contributed by atoms with E-state index in [1.807, 2.05) is 54.6 Å². The van der Waals surface area contributed by atoms with Gasteiger partial charge < -0.3 is 18.9 Å². The Morgan fingerprint density at radius 3 is 2.33 bits per heavy atom. The average Bonchev–Trinajstić information content (AvgIpc) is 3.21. The van der Waals surface area contributed by atoms with Crippen molar-refractivity contribution in [2.45, 2.75) is 41.9 Å². The summed E-state index contributed by atoms with van der Waals surface area (Å²) < 4.78 is 25.2. The third-order valence-corrected chi connectivity index (χ3v) is 6.87. The van der Waals surface area contributed by atoms with Gasteiger partial charge in [-0.2, -0.15) is 0 Å². The molecule has 0 unspecified atom stereocenters. The fourth-order valence-electron chi connectivity index (χ4n) is 4.00. The van der Waals surface area contributed by atoms with E-state index in [9.17, 15) is 0 Å². The van der Waals surface area contributed by atoms with E-state index in [1.54, 1.807) is 11.8 Å². The molecule has 168 valence electrons. The number of fused-ring (bicyclic) bond motifs is 2. The van der Waals surface area contributed by atoms with Gasteiger partial charge >= 0.3 is 0 Å². The fraction of sp³-hybridized carbons (Fsp3) is 0.286. The van der Waals surface area contributed by atoms with Crippen molar-refractivity contribution in [3.8, 4) is 11.8 Å². The number of hydrogen-bond donors (Lipinski definition) is 0. The molecule has 2 aliphatic rings. The lowest BCUT2D eigenvalue weighted by Gasteiger charge is -2.24. The number of benzene rings is 3. The predicted molar refractivity (Wildman–Crippen MR) is 129 cm³/mol. The molecular weight excluding hydrogens is 432 g/mol. The highest BCUT2D eigenvalue weighted by molar-refractivity contribution is 7.99. The molecule has 0 aromatic heterocycles. The first-order valence-corrected chi connectivity index (χ1v) is 12.0. The Hall–Kier alpha value is -2.59. The number of thioether (sulfide) groups is 1. The van der Waals surface area contributed by atoms with E-state index in [2.05, 4.69) is 42.2 Å². The molecule has 4 nitrogen and oxygen atoms in total. The average molecular weight is 459 g/mol. The van der Waals surface area contributed by atoms with E-state index in [0.717, 1.165) is 21.6 Å². The summed E-state index contributed by atoms with van der Waals surface area (Å²) in [6.45, 7) is 1.79. The highest BCUT2D eigenvalue weighted by Crippen LogP contribution is 2.39. The van der Waals surface area contributed by atoms with Gasteiger partial charge in [0.25, 0.3) is 0 Å². The third-order valence-electron chi connectivity index (χ3n) is 5.65. The summed E-state index contributed by atoms with van der Waals surface area (Å²) in [6.07, 6.45) is -0.741. The quantitative estimate of drug-likeness (QED) is 0.463. The lowest BCUT2D eigenvalue weighted by atomic mass is 10.1. The summed E-state index contributed by atoms with van der Waals surface area (Å²) in [7, 11) is 0. The Bertz CT molecular complexity index is 1090. The summed E-state index contributed by atoms with van der Waals surface area (Å²) in [6, 6.07) is 28.5. The zero-order valence-electron chi connectivity index (χ0n) is 18.3. The highest BCUT2D eigenvalue weighted by atomic mass is 32.2. The van der Waals surface area contributed by atoms with E-state index < -0.39 is 0 Å². The molecule has 0 aliphatic carbocycles. The monoisotopic (exact) mass is 458 g/mol. The van der Waals surface area contributed by atoms with E-state index in [-0.39, 0.29) is 23.7 Å². The molecule has 5 rings (SSSR count). The summed E-state index contributed by atoms with van der Waals surface area (Å²) in [4.78, 5) is 1.10.